The molecule has 5 aromatic rings. The summed E-state index contributed by atoms with van der Waals surface area (Å²) in [5.41, 5.74) is 3.02. The Bertz CT molecular complexity index is 2040. The molecular weight excluding hydrogens is 588 g/mol. The van der Waals surface area contributed by atoms with Crippen molar-refractivity contribution in [1.29, 1.82) is 0 Å². The Labute approximate surface area is 264 Å². The van der Waals surface area contributed by atoms with Gasteiger partial charge in [0, 0.05) is 62.1 Å². The van der Waals surface area contributed by atoms with Crippen LogP contribution in [0.4, 0.5) is 17.5 Å². The topological polar surface area (TPSA) is 143 Å². The number of nitrogens with one attached hydrogen (secondary N) is 1. The van der Waals surface area contributed by atoms with Crippen molar-refractivity contribution in [2.45, 2.75) is 31.7 Å². The van der Waals surface area contributed by atoms with Gasteiger partial charge in [-0.15, -0.1) is 0 Å². The fourth-order valence-corrected chi connectivity index (χ4v) is 6.43. The number of rotatable bonds is 7. The van der Waals surface area contributed by atoms with E-state index in [9.17, 15) is 19.5 Å². The number of para-hydroxylation sites is 1. The molecule has 1 aliphatic carbocycles. The van der Waals surface area contributed by atoms with Gasteiger partial charge in [-0.05, 0) is 48.7 Å². The first-order valence-corrected chi connectivity index (χ1v) is 15.4. The van der Waals surface area contributed by atoms with E-state index in [1.807, 2.05) is 15.5 Å². The molecule has 0 bridgehead atoms. The van der Waals surface area contributed by atoms with Crippen LogP contribution in [-0.2, 0) is 4.74 Å². The standard InChI is InChI=1S/C34H34N6O6/c1-38(2)32(42)27-17-22-19-35-34(37-31(22)40(27)24-6-3-4-7-24)36-23-15-20(14-21(16-23)33(43)44)25-8-5-9-26-28(41)18-29(46-30(25)26)39-10-12-45-13-11-39/h5,8-9,14-19,24H,3-4,6-7,10-13H2,1-2H3,(H,43,44)(H,35,36,37). The highest BCUT2D eigenvalue weighted by Gasteiger charge is 2.27. The monoisotopic (exact) mass is 622 g/mol. The lowest BCUT2D eigenvalue weighted by molar-refractivity contribution is 0.0696. The Morgan fingerprint density at radius 3 is 2.57 bits per heavy atom. The molecule has 1 aliphatic heterocycles. The Morgan fingerprint density at radius 1 is 1.04 bits per heavy atom. The first-order chi connectivity index (χ1) is 22.3. The maximum atomic E-state index is 13.2. The number of hydrogen-bond donors (Lipinski definition) is 2. The summed E-state index contributed by atoms with van der Waals surface area (Å²) in [6.45, 7) is 2.26. The molecule has 12 nitrogen and oxygen atoms in total. The zero-order valence-electron chi connectivity index (χ0n) is 25.7. The molecule has 46 heavy (non-hydrogen) atoms. The lowest BCUT2D eigenvalue weighted by atomic mass is 9.99. The zero-order valence-corrected chi connectivity index (χ0v) is 25.7. The third kappa shape index (κ3) is 5.45. The van der Waals surface area contributed by atoms with Crippen LogP contribution in [0.1, 0.15) is 52.6 Å². The lowest BCUT2D eigenvalue weighted by Crippen LogP contribution is -2.36. The highest BCUT2D eigenvalue weighted by molar-refractivity contribution is 5.99. The van der Waals surface area contributed by atoms with Crippen LogP contribution in [-0.4, -0.2) is 76.8 Å². The van der Waals surface area contributed by atoms with Gasteiger partial charge in [-0.3, -0.25) is 9.59 Å². The molecule has 1 saturated carbocycles. The number of carboxylic acids is 1. The summed E-state index contributed by atoms with van der Waals surface area (Å²) in [4.78, 5) is 51.4. The predicted octanol–water partition coefficient (Wildman–Crippen LogP) is 5.30. The smallest absolute Gasteiger partial charge is 0.335 e. The summed E-state index contributed by atoms with van der Waals surface area (Å²) in [6, 6.07) is 13.6. The largest absolute Gasteiger partial charge is 0.478 e. The van der Waals surface area contributed by atoms with E-state index in [4.69, 9.17) is 14.1 Å². The van der Waals surface area contributed by atoms with Crippen LogP contribution in [0.2, 0.25) is 0 Å². The molecule has 236 valence electrons. The molecule has 7 rings (SSSR count). The minimum Gasteiger partial charge on any atom is -0.478 e. The maximum Gasteiger partial charge on any atom is 0.335 e. The SMILES string of the molecule is CN(C)C(=O)c1cc2cnc(Nc3cc(C(=O)O)cc(-c4cccc5c(=O)cc(N6CCOCC6)oc45)c3)nc2n1C1CCCC1. The second-order valence-electron chi connectivity index (χ2n) is 12.0. The van der Waals surface area contributed by atoms with Crippen LogP contribution < -0.4 is 15.6 Å². The molecule has 2 aliphatic rings. The first-order valence-electron chi connectivity index (χ1n) is 15.4. The Hall–Kier alpha value is -5.23. The number of aromatic carboxylic acids is 1. The summed E-state index contributed by atoms with van der Waals surface area (Å²) < 4.78 is 13.8. The first kappa shape index (κ1) is 29.5. The lowest BCUT2D eigenvalue weighted by Gasteiger charge is -2.27. The van der Waals surface area contributed by atoms with Gasteiger partial charge < -0.3 is 33.9 Å². The van der Waals surface area contributed by atoms with E-state index >= 15 is 0 Å². The second kappa shape index (κ2) is 11.9. The van der Waals surface area contributed by atoms with Crippen LogP contribution >= 0.6 is 0 Å². The summed E-state index contributed by atoms with van der Waals surface area (Å²) in [5.74, 6) is -0.503. The Balaban J connectivity index is 1.31. The van der Waals surface area contributed by atoms with Gasteiger partial charge in [-0.25, -0.2) is 9.78 Å². The summed E-state index contributed by atoms with van der Waals surface area (Å²) >= 11 is 0. The minimum absolute atomic E-state index is 0.0398. The molecule has 0 unspecified atom stereocenters. The van der Waals surface area contributed by atoms with Crippen molar-refractivity contribution in [2.24, 2.45) is 0 Å². The van der Waals surface area contributed by atoms with Crippen molar-refractivity contribution in [3.05, 3.63) is 76.2 Å². The average Bonchev–Trinajstić information content (AvgIpc) is 3.72. The molecule has 1 saturated heterocycles. The molecule has 0 atom stereocenters. The zero-order chi connectivity index (χ0) is 31.9. The van der Waals surface area contributed by atoms with E-state index in [0.717, 1.165) is 31.1 Å². The van der Waals surface area contributed by atoms with E-state index < -0.39 is 5.97 Å². The molecule has 12 heteroatoms. The van der Waals surface area contributed by atoms with Crippen LogP contribution in [0, 0.1) is 0 Å². The molecule has 2 aromatic carbocycles. The molecule has 0 spiro atoms. The number of carbonyl (C=O) groups excluding carboxylic acids is 1. The van der Waals surface area contributed by atoms with E-state index in [2.05, 4.69) is 10.3 Å². The predicted molar refractivity (Wildman–Crippen MR) is 174 cm³/mol. The molecule has 3 aromatic heterocycles. The van der Waals surface area contributed by atoms with E-state index in [1.165, 1.54) is 12.1 Å². The minimum atomic E-state index is -1.11. The maximum absolute atomic E-state index is 13.2. The average molecular weight is 623 g/mol. The van der Waals surface area contributed by atoms with Crippen LogP contribution in [0.5, 0.6) is 0 Å². The molecular formula is C34H34N6O6. The number of hydrogen-bond acceptors (Lipinski definition) is 9. The third-order valence-electron chi connectivity index (χ3n) is 8.70. The molecule has 2 fully saturated rings. The van der Waals surface area contributed by atoms with Crippen LogP contribution in [0.3, 0.4) is 0 Å². The normalized spacial score (nSPS) is 15.5. The molecule has 0 radical (unpaired) electrons. The van der Waals surface area contributed by atoms with Crippen LogP contribution in [0.15, 0.2) is 63.9 Å². The van der Waals surface area contributed by atoms with Crippen molar-refractivity contribution in [2.75, 3.05) is 50.6 Å². The van der Waals surface area contributed by atoms with E-state index in [-0.39, 0.29) is 28.9 Å². The van der Waals surface area contributed by atoms with Crippen molar-refractivity contribution < 1.29 is 23.8 Å². The van der Waals surface area contributed by atoms with Crippen LogP contribution in [0.25, 0.3) is 33.1 Å². The quantitative estimate of drug-likeness (QED) is 0.245. The van der Waals surface area contributed by atoms with Crippen molar-refractivity contribution >= 4 is 51.4 Å². The Morgan fingerprint density at radius 2 is 1.83 bits per heavy atom. The van der Waals surface area contributed by atoms with Crippen molar-refractivity contribution in [1.82, 2.24) is 19.4 Å². The fourth-order valence-electron chi connectivity index (χ4n) is 6.43. The third-order valence-corrected chi connectivity index (χ3v) is 8.70. The second-order valence-corrected chi connectivity index (χ2v) is 12.0. The number of carbonyl (C=O) groups is 2. The van der Waals surface area contributed by atoms with E-state index in [1.54, 1.807) is 55.5 Å². The summed E-state index contributed by atoms with van der Waals surface area (Å²) in [5, 5.41) is 14.4. The number of aromatic nitrogens is 3. The van der Waals surface area contributed by atoms with Gasteiger partial charge >= 0.3 is 5.97 Å². The highest BCUT2D eigenvalue weighted by Crippen LogP contribution is 2.36. The summed E-state index contributed by atoms with van der Waals surface area (Å²) in [6.07, 6.45) is 5.77. The summed E-state index contributed by atoms with van der Waals surface area (Å²) in [7, 11) is 3.46. The molecule has 1 amide bonds. The number of morpholine rings is 1. The molecule has 2 N–H and O–H groups in total. The number of benzene rings is 2. The number of anilines is 3. The van der Waals surface area contributed by atoms with E-state index in [0.29, 0.717) is 71.3 Å². The highest BCUT2D eigenvalue weighted by atomic mass is 16.5. The number of ether oxygens (including phenoxy) is 1. The van der Waals surface area contributed by atoms with Gasteiger partial charge in [0.05, 0.1) is 24.2 Å². The Kier molecular flexibility index (Phi) is 7.65. The number of amides is 1. The fraction of sp³-hybridized carbons (Fsp3) is 0.324. The van der Waals surface area contributed by atoms with Gasteiger partial charge in [0.25, 0.3) is 5.91 Å². The molecule has 4 heterocycles. The van der Waals surface area contributed by atoms with Gasteiger partial charge in [0.15, 0.2) is 11.3 Å². The van der Waals surface area contributed by atoms with Gasteiger partial charge in [0.2, 0.25) is 5.95 Å². The van der Waals surface area contributed by atoms with Gasteiger partial charge in [-0.2, -0.15) is 4.98 Å². The van der Waals surface area contributed by atoms with Crippen molar-refractivity contribution in [3.63, 3.8) is 0 Å². The number of carboxylic acid groups (broad SMARTS) is 1. The number of fused-ring (bicyclic) bond motifs is 2. The van der Waals surface area contributed by atoms with Gasteiger partial charge in [0.1, 0.15) is 16.9 Å². The van der Waals surface area contributed by atoms with Gasteiger partial charge in [-0.1, -0.05) is 25.0 Å². The van der Waals surface area contributed by atoms with Crippen molar-refractivity contribution in [3.8, 4) is 11.1 Å². The number of nitrogens with zero attached hydrogens (tertiary/aromatic N) is 5.